The molecule has 1 saturated heterocycles. The average molecular weight is 990 g/mol. The van der Waals surface area contributed by atoms with E-state index in [0.717, 1.165) is 57.8 Å². The number of ether oxygens (including phenoxy) is 4. The van der Waals surface area contributed by atoms with Gasteiger partial charge in [-0.2, -0.15) is 0 Å². The van der Waals surface area contributed by atoms with Gasteiger partial charge in [0.2, 0.25) is 0 Å². The maximum atomic E-state index is 12.9. The fourth-order valence-electron chi connectivity index (χ4n) is 9.08. The van der Waals surface area contributed by atoms with Crippen LogP contribution in [0.4, 0.5) is 0 Å². The standard InChI is InChI=1S/C61H112O9/c1-3-5-7-9-11-13-15-17-19-21-23-25-27-28-29-30-32-34-36-38-40-42-44-46-48-50-57(63)69-55(54-68-61-60(66)59(65)58(64)56(52-62)70-61)53-67-51-49-47-45-43-41-39-37-35-33-31-26-24-22-20-18-16-14-12-10-8-6-4-2/h16,18,21-24,31,33,55-56,58-62,64-66H,3-15,17,19-20,25-30,32,34-54H2,1-2H3/b18-16-,23-21-,24-22-,33-31-. The Morgan fingerprint density at radius 2 is 0.829 bits per heavy atom. The number of allylic oxidation sites excluding steroid dienone is 8. The van der Waals surface area contributed by atoms with Crippen LogP contribution in [-0.2, 0) is 23.7 Å². The SMILES string of the molecule is CCCCCCC/C=C\C/C=C\C/C=C\CCCCCCCCCOCC(COC1OC(CO)C(O)C(O)C1O)OC(=O)CCCCCCCCCCCCCCC/C=C\CCCCCCCCCC. The van der Waals surface area contributed by atoms with Crippen molar-refractivity contribution < 1.29 is 44.2 Å². The van der Waals surface area contributed by atoms with Gasteiger partial charge in [0, 0.05) is 13.0 Å². The lowest BCUT2D eigenvalue weighted by molar-refractivity contribution is -0.305. The van der Waals surface area contributed by atoms with Crippen LogP contribution in [0.5, 0.6) is 0 Å². The molecule has 6 atom stereocenters. The Kier molecular flexibility index (Phi) is 49.2. The van der Waals surface area contributed by atoms with Crippen LogP contribution < -0.4 is 0 Å². The van der Waals surface area contributed by atoms with Crippen LogP contribution in [-0.4, -0.2) is 89.6 Å². The largest absolute Gasteiger partial charge is 0.457 e. The molecule has 0 amide bonds. The van der Waals surface area contributed by atoms with Crippen LogP contribution in [0.2, 0.25) is 0 Å². The van der Waals surface area contributed by atoms with Gasteiger partial charge in [0.15, 0.2) is 6.29 Å². The zero-order valence-electron chi connectivity index (χ0n) is 45.5. The third-order valence-electron chi connectivity index (χ3n) is 13.7. The predicted octanol–water partition coefficient (Wildman–Crippen LogP) is 15.6. The Morgan fingerprint density at radius 3 is 1.26 bits per heavy atom. The summed E-state index contributed by atoms with van der Waals surface area (Å²) in [5, 5.41) is 40.4. The predicted molar refractivity (Wildman–Crippen MR) is 293 cm³/mol. The van der Waals surface area contributed by atoms with Crippen molar-refractivity contribution in [3.8, 4) is 0 Å². The summed E-state index contributed by atoms with van der Waals surface area (Å²) < 4.78 is 23.0. The van der Waals surface area contributed by atoms with Crippen molar-refractivity contribution in [1.29, 1.82) is 0 Å². The number of carbonyl (C=O) groups excluding carboxylic acids is 1. The average Bonchev–Trinajstić information content (AvgIpc) is 3.36. The van der Waals surface area contributed by atoms with Gasteiger partial charge in [-0.25, -0.2) is 0 Å². The highest BCUT2D eigenvalue weighted by Gasteiger charge is 2.44. The number of aliphatic hydroxyl groups is 4. The van der Waals surface area contributed by atoms with E-state index >= 15 is 0 Å². The summed E-state index contributed by atoms with van der Waals surface area (Å²) in [6.07, 6.45) is 60.2. The molecule has 0 aromatic rings. The molecule has 1 aliphatic rings. The maximum absolute atomic E-state index is 12.9. The minimum atomic E-state index is -1.54. The monoisotopic (exact) mass is 989 g/mol. The van der Waals surface area contributed by atoms with E-state index in [2.05, 4.69) is 62.5 Å². The molecule has 1 aliphatic heterocycles. The second-order valence-electron chi connectivity index (χ2n) is 20.4. The smallest absolute Gasteiger partial charge is 0.306 e. The summed E-state index contributed by atoms with van der Waals surface area (Å²) >= 11 is 0. The Bertz CT molecular complexity index is 1220. The molecule has 0 radical (unpaired) electrons. The Balaban J connectivity index is 2.15. The molecule has 410 valence electrons. The molecule has 0 aliphatic carbocycles. The third-order valence-corrected chi connectivity index (χ3v) is 13.7. The fourth-order valence-corrected chi connectivity index (χ4v) is 9.08. The first kappa shape index (κ1) is 66.2. The van der Waals surface area contributed by atoms with E-state index in [-0.39, 0.29) is 19.2 Å². The molecule has 1 fully saturated rings. The second-order valence-corrected chi connectivity index (χ2v) is 20.4. The van der Waals surface area contributed by atoms with E-state index < -0.39 is 43.4 Å². The summed E-state index contributed by atoms with van der Waals surface area (Å²) in [5.74, 6) is -0.314. The van der Waals surface area contributed by atoms with Crippen molar-refractivity contribution in [3.05, 3.63) is 48.6 Å². The summed E-state index contributed by atoms with van der Waals surface area (Å²) in [7, 11) is 0. The normalized spacial score (nSPS) is 19.2. The highest BCUT2D eigenvalue weighted by Crippen LogP contribution is 2.23. The summed E-state index contributed by atoms with van der Waals surface area (Å²) in [5.41, 5.74) is 0. The second kappa shape index (κ2) is 52.0. The minimum Gasteiger partial charge on any atom is -0.457 e. The van der Waals surface area contributed by atoms with Gasteiger partial charge in [-0.1, -0.05) is 236 Å². The number of hydrogen-bond donors (Lipinski definition) is 4. The van der Waals surface area contributed by atoms with Crippen molar-refractivity contribution in [1.82, 2.24) is 0 Å². The summed E-state index contributed by atoms with van der Waals surface area (Å²) in [4.78, 5) is 12.9. The molecule has 0 aromatic heterocycles. The van der Waals surface area contributed by atoms with Gasteiger partial charge in [0.05, 0.1) is 19.8 Å². The Labute approximate surface area is 431 Å². The number of hydrogen-bond acceptors (Lipinski definition) is 9. The maximum Gasteiger partial charge on any atom is 0.306 e. The number of esters is 1. The first-order valence-corrected chi connectivity index (χ1v) is 29.7. The topological polar surface area (TPSA) is 135 Å². The number of aliphatic hydroxyl groups excluding tert-OH is 4. The van der Waals surface area contributed by atoms with E-state index in [1.54, 1.807) is 0 Å². The van der Waals surface area contributed by atoms with E-state index in [1.165, 1.54) is 193 Å². The van der Waals surface area contributed by atoms with Gasteiger partial charge in [-0.3, -0.25) is 4.79 Å². The quantitative estimate of drug-likeness (QED) is 0.0267. The van der Waals surface area contributed by atoms with Gasteiger partial charge in [0.1, 0.15) is 30.5 Å². The lowest BCUT2D eigenvalue weighted by Crippen LogP contribution is -2.59. The molecule has 0 saturated carbocycles. The highest BCUT2D eigenvalue weighted by atomic mass is 16.7. The summed E-state index contributed by atoms with van der Waals surface area (Å²) in [6, 6.07) is 0. The lowest BCUT2D eigenvalue weighted by atomic mass is 9.99. The Hall–Kier alpha value is -1.85. The van der Waals surface area contributed by atoms with E-state index in [4.69, 9.17) is 18.9 Å². The Morgan fingerprint density at radius 1 is 0.457 bits per heavy atom. The molecule has 0 aromatic carbocycles. The van der Waals surface area contributed by atoms with Gasteiger partial charge in [0.25, 0.3) is 0 Å². The fraction of sp³-hybridized carbons (Fsp3) is 0.852. The number of carbonyl (C=O) groups is 1. The number of rotatable bonds is 52. The molecule has 1 rings (SSSR count). The van der Waals surface area contributed by atoms with Crippen LogP contribution in [0.1, 0.15) is 271 Å². The highest BCUT2D eigenvalue weighted by molar-refractivity contribution is 5.69. The van der Waals surface area contributed by atoms with E-state index in [9.17, 15) is 25.2 Å². The molecule has 6 unspecified atom stereocenters. The molecule has 9 heteroatoms. The van der Waals surface area contributed by atoms with Crippen LogP contribution in [0.3, 0.4) is 0 Å². The van der Waals surface area contributed by atoms with Crippen LogP contribution in [0.15, 0.2) is 48.6 Å². The first-order valence-electron chi connectivity index (χ1n) is 29.7. The van der Waals surface area contributed by atoms with Gasteiger partial charge in [-0.05, 0) is 77.0 Å². The third kappa shape index (κ3) is 41.6. The molecule has 0 bridgehead atoms. The van der Waals surface area contributed by atoms with Crippen molar-refractivity contribution in [2.75, 3.05) is 26.4 Å². The molecule has 1 heterocycles. The first-order chi connectivity index (χ1) is 34.4. The number of unbranched alkanes of at least 4 members (excludes halogenated alkanes) is 33. The van der Waals surface area contributed by atoms with Crippen LogP contribution in [0.25, 0.3) is 0 Å². The van der Waals surface area contributed by atoms with Gasteiger partial charge < -0.3 is 39.4 Å². The zero-order chi connectivity index (χ0) is 50.6. The van der Waals surface area contributed by atoms with E-state index in [1.807, 2.05) is 0 Å². The molecular weight excluding hydrogens is 877 g/mol. The van der Waals surface area contributed by atoms with Gasteiger partial charge >= 0.3 is 5.97 Å². The van der Waals surface area contributed by atoms with Crippen molar-refractivity contribution in [2.24, 2.45) is 0 Å². The molecular formula is C61H112O9. The molecule has 70 heavy (non-hydrogen) atoms. The van der Waals surface area contributed by atoms with Crippen LogP contribution in [0, 0.1) is 0 Å². The molecule has 4 N–H and O–H groups in total. The summed E-state index contributed by atoms with van der Waals surface area (Å²) in [6.45, 7) is 4.56. The zero-order valence-corrected chi connectivity index (χ0v) is 45.5. The molecule has 0 spiro atoms. The molecule has 9 nitrogen and oxygen atoms in total. The van der Waals surface area contributed by atoms with Crippen molar-refractivity contribution in [2.45, 2.75) is 307 Å². The van der Waals surface area contributed by atoms with Crippen LogP contribution >= 0.6 is 0 Å². The lowest BCUT2D eigenvalue weighted by Gasteiger charge is -2.39. The van der Waals surface area contributed by atoms with Crippen molar-refractivity contribution >= 4 is 5.97 Å². The van der Waals surface area contributed by atoms with Crippen molar-refractivity contribution in [3.63, 3.8) is 0 Å². The van der Waals surface area contributed by atoms with E-state index in [0.29, 0.717) is 13.0 Å². The van der Waals surface area contributed by atoms with Gasteiger partial charge in [-0.15, -0.1) is 0 Å². The minimum absolute atomic E-state index is 0.117.